The van der Waals surface area contributed by atoms with Crippen molar-refractivity contribution in [2.75, 3.05) is 0 Å². The van der Waals surface area contributed by atoms with Crippen LogP contribution in [-0.4, -0.2) is 4.98 Å². The lowest BCUT2D eigenvalue weighted by molar-refractivity contribution is 0.268. The van der Waals surface area contributed by atoms with Crippen LogP contribution < -0.4 is 9.47 Å². The molecule has 0 saturated heterocycles. The Kier molecular flexibility index (Phi) is 6.30. The quantitative estimate of drug-likeness (QED) is 0.343. The monoisotopic (exact) mass is 405 g/mol. The van der Waals surface area contributed by atoms with Crippen molar-refractivity contribution in [2.45, 2.75) is 20.1 Å². The first-order chi connectivity index (χ1) is 15.2. The summed E-state index contributed by atoms with van der Waals surface area (Å²) in [5, 5.41) is 0. The lowest BCUT2D eigenvalue weighted by atomic mass is 10.0. The third kappa shape index (κ3) is 5.32. The van der Waals surface area contributed by atoms with Crippen molar-refractivity contribution in [3.63, 3.8) is 0 Å². The molecule has 0 aliphatic rings. The molecular weight excluding hydrogens is 382 g/mol. The number of hydrogen-bond acceptors (Lipinski definition) is 3. The lowest BCUT2D eigenvalue weighted by Crippen LogP contribution is -2.02. The van der Waals surface area contributed by atoms with Gasteiger partial charge in [-0.2, -0.15) is 4.98 Å². The van der Waals surface area contributed by atoms with Crippen molar-refractivity contribution in [3.8, 4) is 35.2 Å². The fourth-order valence-corrected chi connectivity index (χ4v) is 3.31. The first kappa shape index (κ1) is 20.3. The lowest BCUT2D eigenvalue weighted by Gasteiger charge is -2.14. The van der Waals surface area contributed by atoms with Gasteiger partial charge in [-0.15, -0.1) is 6.42 Å². The van der Waals surface area contributed by atoms with Crippen molar-refractivity contribution in [1.82, 2.24) is 4.98 Å². The minimum atomic E-state index is 0.413. The minimum absolute atomic E-state index is 0.413. The molecule has 0 atom stereocenters. The van der Waals surface area contributed by atoms with Gasteiger partial charge in [-0.05, 0) is 47.4 Å². The predicted molar refractivity (Wildman–Crippen MR) is 124 cm³/mol. The molecule has 152 valence electrons. The zero-order valence-electron chi connectivity index (χ0n) is 17.4. The van der Waals surface area contributed by atoms with Gasteiger partial charge in [0.1, 0.15) is 13.2 Å². The highest BCUT2D eigenvalue weighted by Crippen LogP contribution is 2.32. The van der Waals surface area contributed by atoms with Gasteiger partial charge in [0.2, 0.25) is 11.8 Å². The van der Waals surface area contributed by atoms with Crippen LogP contribution >= 0.6 is 0 Å². The van der Waals surface area contributed by atoms with E-state index in [1.165, 1.54) is 0 Å². The van der Waals surface area contributed by atoms with E-state index < -0.39 is 0 Å². The number of hydrogen-bond donors (Lipinski definition) is 0. The van der Waals surface area contributed by atoms with E-state index in [2.05, 4.69) is 17.0 Å². The van der Waals surface area contributed by atoms with Gasteiger partial charge >= 0.3 is 0 Å². The molecule has 0 aliphatic heterocycles. The zero-order chi connectivity index (χ0) is 21.5. The molecule has 0 bridgehead atoms. The van der Waals surface area contributed by atoms with Crippen molar-refractivity contribution in [2.24, 2.45) is 0 Å². The van der Waals surface area contributed by atoms with E-state index in [-0.39, 0.29) is 0 Å². The normalized spacial score (nSPS) is 10.3. The van der Waals surface area contributed by atoms with Gasteiger partial charge in [0.25, 0.3) is 0 Å². The molecule has 0 spiro atoms. The van der Waals surface area contributed by atoms with Crippen molar-refractivity contribution in [1.29, 1.82) is 0 Å². The van der Waals surface area contributed by atoms with Gasteiger partial charge < -0.3 is 9.47 Å². The van der Waals surface area contributed by atoms with Crippen LogP contribution in [-0.2, 0) is 13.2 Å². The molecule has 31 heavy (non-hydrogen) atoms. The summed E-state index contributed by atoms with van der Waals surface area (Å²) >= 11 is 0. The van der Waals surface area contributed by atoms with Crippen LogP contribution in [0.3, 0.4) is 0 Å². The zero-order valence-corrected chi connectivity index (χ0v) is 17.4. The molecule has 1 aromatic heterocycles. The maximum Gasteiger partial charge on any atom is 0.225 e. The number of terminal acetylenes is 1. The average molecular weight is 405 g/mol. The van der Waals surface area contributed by atoms with Crippen LogP contribution in [0.2, 0.25) is 0 Å². The van der Waals surface area contributed by atoms with E-state index >= 15 is 0 Å². The molecular formula is C28H23NO2. The highest BCUT2D eigenvalue weighted by molar-refractivity contribution is 5.71. The van der Waals surface area contributed by atoms with E-state index in [1.807, 2.05) is 91.9 Å². The second-order valence-electron chi connectivity index (χ2n) is 7.28. The average Bonchev–Trinajstić information content (AvgIpc) is 2.82. The Morgan fingerprint density at radius 3 is 2.06 bits per heavy atom. The molecule has 4 aromatic rings. The van der Waals surface area contributed by atoms with Crippen molar-refractivity contribution < 1.29 is 9.47 Å². The molecule has 0 fully saturated rings. The number of benzene rings is 3. The summed E-state index contributed by atoms with van der Waals surface area (Å²) in [5.41, 5.74) is 5.91. The van der Waals surface area contributed by atoms with E-state index in [0.29, 0.717) is 25.0 Å². The third-order valence-corrected chi connectivity index (χ3v) is 4.84. The molecule has 4 rings (SSSR count). The molecule has 3 aromatic carbocycles. The summed E-state index contributed by atoms with van der Waals surface area (Å²) in [5.74, 6) is 3.75. The van der Waals surface area contributed by atoms with Crippen LogP contribution in [0.25, 0.3) is 11.1 Å². The molecule has 0 amide bonds. The van der Waals surface area contributed by atoms with Crippen LogP contribution in [0.4, 0.5) is 0 Å². The molecule has 0 N–H and O–H groups in total. The Labute approximate surface area is 183 Å². The highest BCUT2D eigenvalue weighted by atomic mass is 16.5. The van der Waals surface area contributed by atoms with Gasteiger partial charge in [0, 0.05) is 17.2 Å². The summed E-state index contributed by atoms with van der Waals surface area (Å²) < 4.78 is 12.1. The fraction of sp³-hybridized carbons (Fsp3) is 0.107. The standard InChI is InChI=1S/C28H23NO2/c1-3-22-16-21(2)17-25(18-22)26-14-15-27(30-19-23-10-6-4-7-11-23)29-28(26)31-20-24-12-8-5-9-13-24/h1,4-18H,19-20H2,2H3. The Bertz CT molecular complexity index is 1190. The Balaban J connectivity index is 1.64. The molecule has 3 heteroatoms. The molecule has 0 unspecified atom stereocenters. The number of aromatic nitrogens is 1. The fourth-order valence-electron chi connectivity index (χ4n) is 3.31. The second-order valence-corrected chi connectivity index (χ2v) is 7.28. The SMILES string of the molecule is C#Cc1cc(C)cc(-c2ccc(OCc3ccccc3)nc2OCc2ccccc2)c1. The van der Waals surface area contributed by atoms with Crippen LogP contribution in [0, 0.1) is 19.3 Å². The van der Waals surface area contributed by atoms with Gasteiger partial charge in [-0.25, -0.2) is 0 Å². The topological polar surface area (TPSA) is 31.4 Å². The number of pyridine rings is 1. The van der Waals surface area contributed by atoms with E-state index in [1.54, 1.807) is 0 Å². The first-order valence-corrected chi connectivity index (χ1v) is 10.1. The molecule has 1 heterocycles. The minimum Gasteiger partial charge on any atom is -0.473 e. The Morgan fingerprint density at radius 2 is 1.42 bits per heavy atom. The molecule has 0 radical (unpaired) electrons. The number of nitrogens with zero attached hydrogens (tertiary/aromatic N) is 1. The number of aryl methyl sites for hydroxylation is 1. The van der Waals surface area contributed by atoms with Gasteiger partial charge in [0.15, 0.2) is 0 Å². The van der Waals surface area contributed by atoms with Gasteiger partial charge in [-0.1, -0.05) is 72.7 Å². The van der Waals surface area contributed by atoms with Gasteiger partial charge in [-0.3, -0.25) is 0 Å². The summed E-state index contributed by atoms with van der Waals surface area (Å²) in [6.07, 6.45) is 5.64. The third-order valence-electron chi connectivity index (χ3n) is 4.84. The second kappa shape index (κ2) is 9.65. The smallest absolute Gasteiger partial charge is 0.225 e. The van der Waals surface area contributed by atoms with Gasteiger partial charge in [0.05, 0.1) is 0 Å². The maximum absolute atomic E-state index is 6.14. The molecule has 0 aliphatic carbocycles. The Morgan fingerprint density at radius 1 is 0.774 bits per heavy atom. The summed E-state index contributed by atoms with van der Waals surface area (Å²) in [7, 11) is 0. The van der Waals surface area contributed by atoms with Crippen LogP contribution in [0.15, 0.2) is 91.0 Å². The number of rotatable bonds is 7. The molecule has 0 saturated carbocycles. The number of ether oxygens (including phenoxy) is 2. The summed E-state index contributed by atoms with van der Waals surface area (Å²) in [6.45, 7) is 2.88. The maximum atomic E-state index is 6.14. The molecule has 3 nitrogen and oxygen atoms in total. The summed E-state index contributed by atoms with van der Waals surface area (Å²) in [4.78, 5) is 4.67. The summed E-state index contributed by atoms with van der Waals surface area (Å²) in [6, 6.07) is 29.9. The largest absolute Gasteiger partial charge is 0.473 e. The van der Waals surface area contributed by atoms with E-state index in [4.69, 9.17) is 15.9 Å². The van der Waals surface area contributed by atoms with E-state index in [0.717, 1.165) is 33.4 Å². The van der Waals surface area contributed by atoms with Crippen LogP contribution in [0.5, 0.6) is 11.8 Å². The van der Waals surface area contributed by atoms with Crippen molar-refractivity contribution in [3.05, 3.63) is 113 Å². The van der Waals surface area contributed by atoms with E-state index in [9.17, 15) is 0 Å². The van der Waals surface area contributed by atoms with Crippen molar-refractivity contribution >= 4 is 0 Å². The predicted octanol–water partition coefficient (Wildman–Crippen LogP) is 6.20. The Hall–Kier alpha value is -4.03. The first-order valence-electron chi connectivity index (χ1n) is 10.1. The highest BCUT2D eigenvalue weighted by Gasteiger charge is 2.12. The van der Waals surface area contributed by atoms with Crippen LogP contribution in [0.1, 0.15) is 22.3 Å².